The minimum absolute atomic E-state index is 0.0408. The standard InChI is InChI=1S/C14H8F2N2O3.C7H8O3S/c15-14(16)21-12-4-3-11(13(19)20)5-10(12)2-1-9-6-17-8-18-7-9;1-6-2-4-7(5-3-6)11(8,9)10/h3-8,14H,(H,19,20);2-5H,1H3,(H,8,9,10). The monoisotopic (exact) mass is 462 g/mol. The Morgan fingerprint density at radius 3 is 2.22 bits per heavy atom. The molecule has 2 aromatic carbocycles. The maximum absolute atomic E-state index is 12.3. The molecule has 0 spiro atoms. The Hall–Kier alpha value is -3.88. The van der Waals surface area contributed by atoms with Gasteiger partial charge in [0.15, 0.2) is 0 Å². The Labute approximate surface area is 182 Å². The molecule has 0 aliphatic rings. The third kappa shape index (κ3) is 7.75. The third-order valence-corrected chi connectivity index (χ3v) is 4.53. The molecule has 0 fully saturated rings. The van der Waals surface area contributed by atoms with Crippen molar-refractivity contribution in [2.75, 3.05) is 0 Å². The van der Waals surface area contributed by atoms with Crippen LogP contribution in [0.25, 0.3) is 0 Å². The van der Waals surface area contributed by atoms with Crippen molar-refractivity contribution in [2.45, 2.75) is 18.4 Å². The van der Waals surface area contributed by atoms with Crippen molar-refractivity contribution >= 4 is 16.1 Å². The first-order valence-electron chi connectivity index (χ1n) is 8.69. The predicted octanol–water partition coefficient (Wildman–Crippen LogP) is 3.42. The molecule has 11 heteroatoms. The summed E-state index contributed by atoms with van der Waals surface area (Å²) in [5, 5.41) is 8.91. The molecule has 0 unspecified atom stereocenters. The van der Waals surface area contributed by atoms with Crippen molar-refractivity contribution in [2.24, 2.45) is 0 Å². The molecule has 3 aromatic rings. The molecule has 0 aliphatic carbocycles. The predicted molar refractivity (Wildman–Crippen MR) is 109 cm³/mol. The maximum Gasteiger partial charge on any atom is 0.387 e. The normalized spacial score (nSPS) is 10.4. The Morgan fingerprint density at radius 1 is 1.06 bits per heavy atom. The molecule has 2 N–H and O–H groups in total. The molecule has 0 saturated carbocycles. The van der Waals surface area contributed by atoms with Crippen LogP contribution in [0.2, 0.25) is 0 Å². The van der Waals surface area contributed by atoms with Gasteiger partial charge < -0.3 is 9.84 Å². The number of nitrogens with zero attached hydrogens (tertiary/aromatic N) is 2. The number of hydrogen-bond acceptors (Lipinski definition) is 6. The van der Waals surface area contributed by atoms with E-state index in [1.165, 1.54) is 30.9 Å². The largest absolute Gasteiger partial charge is 0.478 e. The molecule has 166 valence electrons. The van der Waals surface area contributed by atoms with Crippen LogP contribution in [-0.2, 0) is 10.1 Å². The first-order valence-corrected chi connectivity index (χ1v) is 10.1. The van der Waals surface area contributed by atoms with Gasteiger partial charge in [-0.25, -0.2) is 14.8 Å². The number of alkyl halides is 2. The van der Waals surface area contributed by atoms with Gasteiger partial charge >= 0.3 is 12.6 Å². The van der Waals surface area contributed by atoms with Crippen LogP contribution in [0.5, 0.6) is 5.75 Å². The van der Waals surface area contributed by atoms with Gasteiger partial charge in [-0.05, 0) is 37.3 Å². The van der Waals surface area contributed by atoms with Crippen LogP contribution >= 0.6 is 0 Å². The van der Waals surface area contributed by atoms with Crippen LogP contribution in [0, 0.1) is 18.8 Å². The minimum Gasteiger partial charge on any atom is -0.478 e. The van der Waals surface area contributed by atoms with Gasteiger partial charge in [0.25, 0.3) is 10.1 Å². The average molecular weight is 462 g/mol. The van der Waals surface area contributed by atoms with Gasteiger partial charge in [0.05, 0.1) is 21.6 Å². The highest BCUT2D eigenvalue weighted by Gasteiger charge is 2.12. The van der Waals surface area contributed by atoms with Gasteiger partial charge in [-0.3, -0.25) is 4.55 Å². The summed E-state index contributed by atoms with van der Waals surface area (Å²) in [6.45, 7) is -1.19. The van der Waals surface area contributed by atoms with Crippen LogP contribution in [0.4, 0.5) is 8.78 Å². The van der Waals surface area contributed by atoms with E-state index in [1.54, 1.807) is 12.1 Å². The zero-order valence-corrected chi connectivity index (χ0v) is 17.3. The van der Waals surface area contributed by atoms with Crippen molar-refractivity contribution in [1.82, 2.24) is 9.97 Å². The lowest BCUT2D eigenvalue weighted by Crippen LogP contribution is -2.05. The SMILES string of the molecule is Cc1ccc(S(=O)(=O)O)cc1.O=C(O)c1ccc(OC(F)F)c(C#Cc2cncnc2)c1. The summed E-state index contributed by atoms with van der Waals surface area (Å²) in [4.78, 5) is 18.3. The van der Waals surface area contributed by atoms with E-state index >= 15 is 0 Å². The van der Waals surface area contributed by atoms with Crippen LogP contribution in [0.1, 0.15) is 27.0 Å². The molecule has 0 amide bonds. The molecule has 0 atom stereocenters. The molecular weight excluding hydrogens is 446 g/mol. The number of carbonyl (C=O) groups is 1. The number of carboxylic acid groups (broad SMARTS) is 1. The Bertz CT molecular complexity index is 1240. The molecule has 1 aromatic heterocycles. The van der Waals surface area contributed by atoms with Crippen molar-refractivity contribution in [3.8, 4) is 17.6 Å². The maximum atomic E-state index is 12.3. The van der Waals surface area contributed by atoms with E-state index in [-0.39, 0.29) is 21.8 Å². The van der Waals surface area contributed by atoms with Crippen molar-refractivity contribution in [3.63, 3.8) is 0 Å². The second kappa shape index (κ2) is 10.9. The van der Waals surface area contributed by atoms with Gasteiger partial charge in [-0.1, -0.05) is 29.5 Å². The number of rotatable bonds is 4. The first-order chi connectivity index (χ1) is 15.1. The molecule has 1 heterocycles. The van der Waals surface area contributed by atoms with Gasteiger partial charge in [-0.15, -0.1) is 0 Å². The van der Waals surface area contributed by atoms with E-state index in [0.717, 1.165) is 23.8 Å². The molecule has 0 aliphatic heterocycles. The Balaban J connectivity index is 0.000000278. The molecular formula is C21H16F2N2O6S. The van der Waals surface area contributed by atoms with Gasteiger partial charge in [-0.2, -0.15) is 17.2 Å². The minimum atomic E-state index is -4.02. The number of benzene rings is 2. The van der Waals surface area contributed by atoms with Crippen molar-refractivity contribution in [1.29, 1.82) is 0 Å². The van der Waals surface area contributed by atoms with Crippen LogP contribution in [-0.4, -0.2) is 40.6 Å². The van der Waals surface area contributed by atoms with Crippen LogP contribution < -0.4 is 4.74 Å². The van der Waals surface area contributed by atoms with Gasteiger partial charge in [0, 0.05) is 12.4 Å². The van der Waals surface area contributed by atoms with Gasteiger partial charge in [0.2, 0.25) is 0 Å². The van der Waals surface area contributed by atoms with E-state index in [4.69, 9.17) is 9.66 Å². The quantitative estimate of drug-likeness (QED) is 0.446. The summed E-state index contributed by atoms with van der Waals surface area (Å²) in [6, 6.07) is 9.45. The highest BCUT2D eigenvalue weighted by Crippen LogP contribution is 2.21. The number of aromatic carboxylic acids is 1. The number of aryl methyl sites for hydroxylation is 1. The second-order valence-electron chi connectivity index (χ2n) is 6.06. The molecule has 0 radical (unpaired) electrons. The lowest BCUT2D eigenvalue weighted by molar-refractivity contribution is -0.0500. The van der Waals surface area contributed by atoms with E-state index in [9.17, 15) is 22.0 Å². The Kier molecular flexibility index (Phi) is 8.34. The molecule has 3 rings (SSSR count). The topological polar surface area (TPSA) is 127 Å². The van der Waals surface area contributed by atoms with Crippen molar-refractivity contribution < 1.29 is 36.4 Å². The zero-order valence-electron chi connectivity index (χ0n) is 16.4. The smallest absolute Gasteiger partial charge is 0.387 e. The van der Waals surface area contributed by atoms with Crippen LogP contribution in [0.15, 0.2) is 66.1 Å². The summed E-state index contributed by atoms with van der Waals surface area (Å²) in [5.74, 6) is 3.84. The highest BCUT2D eigenvalue weighted by atomic mass is 32.2. The number of aromatic nitrogens is 2. The van der Waals surface area contributed by atoms with Crippen molar-refractivity contribution in [3.05, 3.63) is 83.4 Å². The third-order valence-electron chi connectivity index (χ3n) is 3.66. The fraction of sp³-hybridized carbons (Fsp3) is 0.0952. The Morgan fingerprint density at radius 2 is 1.69 bits per heavy atom. The highest BCUT2D eigenvalue weighted by molar-refractivity contribution is 7.85. The lowest BCUT2D eigenvalue weighted by atomic mass is 10.1. The number of carboxylic acids is 1. The summed E-state index contributed by atoms with van der Waals surface area (Å²) >= 11 is 0. The summed E-state index contributed by atoms with van der Waals surface area (Å²) in [5.41, 5.74) is 1.38. The zero-order chi connectivity index (χ0) is 23.7. The van der Waals surface area contributed by atoms with Gasteiger partial charge in [0.1, 0.15) is 12.1 Å². The van der Waals surface area contributed by atoms with E-state index < -0.39 is 22.7 Å². The fourth-order valence-electron chi connectivity index (χ4n) is 2.17. The van der Waals surface area contributed by atoms with E-state index in [2.05, 4.69) is 26.5 Å². The summed E-state index contributed by atoms with van der Waals surface area (Å²) < 4.78 is 58.5. The summed E-state index contributed by atoms with van der Waals surface area (Å²) in [6.07, 6.45) is 4.20. The molecule has 8 nitrogen and oxygen atoms in total. The molecule has 0 saturated heterocycles. The van der Waals surface area contributed by atoms with E-state index in [1.807, 2.05) is 6.92 Å². The number of halogens is 2. The average Bonchev–Trinajstić information content (AvgIpc) is 2.73. The molecule has 32 heavy (non-hydrogen) atoms. The molecule has 0 bridgehead atoms. The number of ether oxygens (including phenoxy) is 1. The van der Waals surface area contributed by atoms with Crippen LogP contribution in [0.3, 0.4) is 0 Å². The summed E-state index contributed by atoms with van der Waals surface area (Å²) in [7, 11) is -4.02. The lowest BCUT2D eigenvalue weighted by Gasteiger charge is -2.07. The number of hydrogen-bond donors (Lipinski definition) is 2. The first kappa shape index (κ1) is 24.4. The van der Waals surface area contributed by atoms with E-state index in [0.29, 0.717) is 5.56 Å². The fourth-order valence-corrected chi connectivity index (χ4v) is 2.65. The second-order valence-corrected chi connectivity index (χ2v) is 7.48.